The molecule has 0 amide bonds. The highest BCUT2D eigenvalue weighted by atomic mass is 17.3. The lowest BCUT2D eigenvalue weighted by atomic mass is 10.0. The van der Waals surface area contributed by atoms with Crippen LogP contribution in [0.15, 0.2) is 0 Å². The zero-order valence-electron chi connectivity index (χ0n) is 16.0. The topological polar surface area (TPSA) is 55.4 Å². The fraction of sp³-hybridized carbons (Fsp3) is 1.00. The van der Waals surface area contributed by atoms with Crippen LogP contribution in [0.1, 0.15) is 60.8 Å². The van der Waals surface area contributed by atoms with Crippen molar-refractivity contribution in [1.82, 2.24) is 0 Å². The highest BCUT2D eigenvalue weighted by Gasteiger charge is 2.56. The molecular weight excluding hydrogens is 300 g/mol. The van der Waals surface area contributed by atoms with E-state index in [9.17, 15) is 0 Å². The number of methoxy groups -OCH3 is 1. The smallest absolute Gasteiger partial charge is 0.344 e. The fourth-order valence-corrected chi connectivity index (χ4v) is 2.12. The minimum atomic E-state index is -1.49. The molecule has 0 aromatic rings. The molecule has 0 radical (unpaired) electrons. The number of hydrogen-bond acceptors (Lipinski definition) is 6. The lowest BCUT2D eigenvalue weighted by Gasteiger charge is -2.45. The van der Waals surface area contributed by atoms with Crippen molar-refractivity contribution in [3.8, 4) is 0 Å². The largest absolute Gasteiger partial charge is 0.381 e. The lowest BCUT2D eigenvalue weighted by molar-refractivity contribution is -0.550. The van der Waals surface area contributed by atoms with Crippen LogP contribution in [0, 0.1) is 0 Å². The van der Waals surface area contributed by atoms with Crippen molar-refractivity contribution in [3.05, 3.63) is 0 Å². The SMILES string of the molecule is CCCCOOC(OCCC)(OC(C)C)C(C)(COC)OCC. The Morgan fingerprint density at radius 2 is 1.65 bits per heavy atom. The Morgan fingerprint density at radius 3 is 2.13 bits per heavy atom. The summed E-state index contributed by atoms with van der Waals surface area (Å²) in [6.45, 7) is 13.3. The molecule has 0 aliphatic heterocycles. The van der Waals surface area contributed by atoms with Crippen LogP contribution < -0.4 is 0 Å². The summed E-state index contributed by atoms with van der Waals surface area (Å²) in [6, 6.07) is 0. The van der Waals surface area contributed by atoms with E-state index in [1.54, 1.807) is 7.11 Å². The van der Waals surface area contributed by atoms with Gasteiger partial charge < -0.3 is 18.9 Å². The van der Waals surface area contributed by atoms with Gasteiger partial charge in [-0.3, -0.25) is 0 Å². The minimum Gasteiger partial charge on any atom is -0.381 e. The molecule has 6 nitrogen and oxygen atoms in total. The quantitative estimate of drug-likeness (QED) is 0.197. The summed E-state index contributed by atoms with van der Waals surface area (Å²) in [5.74, 6) is -1.49. The molecule has 140 valence electrons. The highest BCUT2D eigenvalue weighted by molar-refractivity contribution is 4.87. The molecule has 0 saturated heterocycles. The van der Waals surface area contributed by atoms with E-state index in [2.05, 4.69) is 6.92 Å². The summed E-state index contributed by atoms with van der Waals surface area (Å²) in [7, 11) is 1.61. The molecule has 0 spiro atoms. The zero-order valence-corrected chi connectivity index (χ0v) is 16.0. The van der Waals surface area contributed by atoms with Crippen molar-refractivity contribution < 1.29 is 28.7 Å². The average Bonchev–Trinajstić information content (AvgIpc) is 2.48. The van der Waals surface area contributed by atoms with Crippen molar-refractivity contribution in [2.75, 3.05) is 33.5 Å². The van der Waals surface area contributed by atoms with E-state index in [1.165, 1.54) is 0 Å². The van der Waals surface area contributed by atoms with E-state index >= 15 is 0 Å². The summed E-state index contributed by atoms with van der Waals surface area (Å²) in [5, 5.41) is 0. The van der Waals surface area contributed by atoms with E-state index in [0.717, 1.165) is 19.3 Å². The van der Waals surface area contributed by atoms with E-state index < -0.39 is 11.6 Å². The molecule has 6 heteroatoms. The molecule has 0 aromatic carbocycles. The minimum absolute atomic E-state index is 0.140. The van der Waals surface area contributed by atoms with Crippen molar-refractivity contribution in [3.63, 3.8) is 0 Å². The molecule has 2 unspecified atom stereocenters. The summed E-state index contributed by atoms with van der Waals surface area (Å²) >= 11 is 0. The van der Waals surface area contributed by atoms with Crippen LogP contribution in [-0.4, -0.2) is 51.2 Å². The van der Waals surface area contributed by atoms with Gasteiger partial charge in [0.2, 0.25) is 0 Å². The van der Waals surface area contributed by atoms with E-state index in [1.807, 2.05) is 34.6 Å². The third-order valence-electron chi connectivity index (χ3n) is 3.17. The monoisotopic (exact) mass is 336 g/mol. The second kappa shape index (κ2) is 12.2. The van der Waals surface area contributed by atoms with E-state index in [0.29, 0.717) is 19.8 Å². The standard InChI is InChI=1S/C17H36O6/c1-8-11-13-21-23-17(20-12-9-2,22-15(4)5)16(6,14-18-7)19-10-3/h15H,8-14H2,1-7H3. The fourth-order valence-electron chi connectivity index (χ4n) is 2.12. The molecule has 0 N–H and O–H groups in total. The van der Waals surface area contributed by atoms with Gasteiger partial charge in [-0.15, -0.1) is 0 Å². The molecule has 0 fully saturated rings. The second-order valence-corrected chi connectivity index (χ2v) is 5.93. The maximum Gasteiger partial charge on any atom is 0.344 e. The van der Waals surface area contributed by atoms with Crippen LogP contribution >= 0.6 is 0 Å². The van der Waals surface area contributed by atoms with Crippen LogP contribution in [0.3, 0.4) is 0 Å². The predicted molar refractivity (Wildman–Crippen MR) is 89.0 cm³/mol. The normalized spacial score (nSPS) is 17.2. The molecule has 0 aromatic heterocycles. The molecule has 0 heterocycles. The molecule has 0 rings (SSSR count). The Kier molecular flexibility index (Phi) is 12.0. The van der Waals surface area contributed by atoms with E-state index in [4.69, 9.17) is 28.7 Å². The Morgan fingerprint density at radius 1 is 0.957 bits per heavy atom. The van der Waals surface area contributed by atoms with E-state index in [-0.39, 0.29) is 12.7 Å². The summed E-state index contributed by atoms with van der Waals surface area (Å²) in [5.41, 5.74) is -0.970. The average molecular weight is 336 g/mol. The summed E-state index contributed by atoms with van der Waals surface area (Å²) in [4.78, 5) is 11.1. The Labute approximate surface area is 141 Å². The first-order valence-electron chi connectivity index (χ1n) is 8.66. The molecule has 0 aliphatic carbocycles. The van der Waals surface area contributed by atoms with Gasteiger partial charge >= 0.3 is 5.97 Å². The van der Waals surface area contributed by atoms with Crippen molar-refractivity contribution in [2.45, 2.75) is 78.5 Å². The van der Waals surface area contributed by atoms with Crippen LogP contribution in [0.4, 0.5) is 0 Å². The summed E-state index contributed by atoms with van der Waals surface area (Å²) < 4.78 is 23.2. The van der Waals surface area contributed by atoms with Gasteiger partial charge in [0.1, 0.15) is 0 Å². The van der Waals surface area contributed by atoms with Crippen molar-refractivity contribution >= 4 is 0 Å². The Hall–Kier alpha value is -0.240. The maximum absolute atomic E-state index is 6.02. The zero-order chi connectivity index (χ0) is 17.8. The van der Waals surface area contributed by atoms with Gasteiger partial charge in [-0.05, 0) is 40.5 Å². The lowest BCUT2D eigenvalue weighted by Crippen LogP contribution is -2.62. The van der Waals surface area contributed by atoms with Crippen LogP contribution in [0.5, 0.6) is 0 Å². The molecule has 0 aliphatic rings. The molecular formula is C17H36O6. The number of unbranched alkanes of at least 4 members (excludes halogenated alkanes) is 1. The first-order valence-corrected chi connectivity index (χ1v) is 8.66. The van der Waals surface area contributed by atoms with Gasteiger partial charge in [0, 0.05) is 13.7 Å². The highest BCUT2D eigenvalue weighted by Crippen LogP contribution is 2.35. The number of rotatable bonds is 15. The molecule has 23 heavy (non-hydrogen) atoms. The van der Waals surface area contributed by atoms with Crippen LogP contribution in [0.2, 0.25) is 0 Å². The van der Waals surface area contributed by atoms with Gasteiger partial charge in [0.25, 0.3) is 0 Å². The first-order chi connectivity index (χ1) is 10.9. The Bertz CT molecular complexity index is 278. The third kappa shape index (κ3) is 7.45. The second-order valence-electron chi connectivity index (χ2n) is 5.93. The van der Waals surface area contributed by atoms with Gasteiger partial charge in [-0.1, -0.05) is 20.3 Å². The maximum atomic E-state index is 6.02. The third-order valence-corrected chi connectivity index (χ3v) is 3.17. The van der Waals surface area contributed by atoms with Crippen LogP contribution in [-0.2, 0) is 28.7 Å². The van der Waals surface area contributed by atoms with Gasteiger partial charge in [-0.2, -0.15) is 4.89 Å². The first kappa shape index (κ1) is 22.8. The summed E-state index contributed by atoms with van der Waals surface area (Å²) in [6.07, 6.45) is 2.58. The van der Waals surface area contributed by atoms with Crippen molar-refractivity contribution in [2.24, 2.45) is 0 Å². The van der Waals surface area contributed by atoms with Gasteiger partial charge in [0.05, 0.1) is 25.9 Å². The number of ether oxygens (including phenoxy) is 4. The predicted octanol–water partition coefficient (Wildman–Crippen LogP) is 3.68. The Balaban J connectivity index is 5.43. The molecule has 2 atom stereocenters. The number of hydrogen-bond donors (Lipinski definition) is 0. The van der Waals surface area contributed by atoms with Gasteiger partial charge in [-0.25, -0.2) is 4.89 Å². The molecule has 0 bridgehead atoms. The van der Waals surface area contributed by atoms with Crippen LogP contribution in [0.25, 0.3) is 0 Å². The van der Waals surface area contributed by atoms with Gasteiger partial charge in [0.15, 0.2) is 5.60 Å². The van der Waals surface area contributed by atoms with Crippen molar-refractivity contribution in [1.29, 1.82) is 0 Å². The molecule has 0 saturated carbocycles.